The lowest BCUT2D eigenvalue weighted by Crippen LogP contribution is -2.51. The van der Waals surface area contributed by atoms with Crippen LogP contribution in [0.25, 0.3) is 0 Å². The number of thiazole rings is 1. The van der Waals surface area contributed by atoms with Crippen LogP contribution in [0.2, 0.25) is 0 Å². The van der Waals surface area contributed by atoms with E-state index in [2.05, 4.69) is 10.3 Å². The maximum Gasteiger partial charge on any atom is 0.260 e. The number of hydrogen-bond donors (Lipinski definition) is 1. The zero-order chi connectivity index (χ0) is 23.9. The van der Waals surface area contributed by atoms with Crippen LogP contribution < -0.4 is 5.32 Å². The number of aromatic nitrogens is 1. The second kappa shape index (κ2) is 11.6. The first kappa shape index (κ1) is 24.3. The summed E-state index contributed by atoms with van der Waals surface area (Å²) in [6.07, 6.45) is 8.13. The molecule has 0 atom stereocenters. The number of anilines is 1. The van der Waals surface area contributed by atoms with E-state index in [9.17, 15) is 18.8 Å². The molecule has 34 heavy (non-hydrogen) atoms. The molecule has 2 heterocycles. The zero-order valence-corrected chi connectivity index (χ0v) is 20.1. The molecule has 1 saturated heterocycles. The Morgan fingerprint density at radius 3 is 2.38 bits per heavy atom. The molecule has 7 nitrogen and oxygen atoms in total. The molecule has 1 saturated carbocycles. The Balaban J connectivity index is 1.20. The van der Waals surface area contributed by atoms with Gasteiger partial charge in [-0.15, -0.1) is 11.3 Å². The molecule has 2 fully saturated rings. The molecule has 1 aromatic carbocycles. The molecule has 0 unspecified atom stereocenters. The smallest absolute Gasteiger partial charge is 0.260 e. The Hall–Kier alpha value is -2.81. The minimum Gasteiger partial charge on any atom is -0.339 e. The summed E-state index contributed by atoms with van der Waals surface area (Å²) in [6.45, 7) is 2.18. The minimum atomic E-state index is -0.599. The van der Waals surface area contributed by atoms with Crippen molar-refractivity contribution in [3.05, 3.63) is 46.7 Å². The van der Waals surface area contributed by atoms with Crippen molar-refractivity contribution >= 4 is 34.2 Å². The molecule has 0 radical (unpaired) electrons. The van der Waals surface area contributed by atoms with Gasteiger partial charge in [0, 0.05) is 38.0 Å². The number of halogens is 1. The zero-order valence-electron chi connectivity index (χ0n) is 19.3. The van der Waals surface area contributed by atoms with E-state index in [-0.39, 0.29) is 23.8 Å². The van der Waals surface area contributed by atoms with Crippen molar-refractivity contribution in [1.82, 2.24) is 14.8 Å². The van der Waals surface area contributed by atoms with E-state index in [1.165, 1.54) is 61.6 Å². The largest absolute Gasteiger partial charge is 0.339 e. The quantitative estimate of drug-likeness (QED) is 0.639. The summed E-state index contributed by atoms with van der Waals surface area (Å²) >= 11 is 1.20. The third-order valence-electron chi connectivity index (χ3n) is 6.70. The van der Waals surface area contributed by atoms with E-state index in [4.69, 9.17) is 0 Å². The van der Waals surface area contributed by atoms with Crippen LogP contribution in [0.3, 0.4) is 0 Å². The predicted octanol–water partition coefficient (Wildman–Crippen LogP) is 4.11. The molecule has 4 rings (SSSR count). The molecule has 1 aliphatic carbocycles. The number of carbonyl (C=O) groups is 3. The predicted molar refractivity (Wildman–Crippen MR) is 129 cm³/mol. The van der Waals surface area contributed by atoms with Crippen molar-refractivity contribution in [2.45, 2.75) is 51.4 Å². The van der Waals surface area contributed by atoms with Crippen LogP contribution in [0.4, 0.5) is 9.52 Å². The Kier molecular flexibility index (Phi) is 8.26. The standard InChI is InChI=1S/C25H31FN4O3S/c26-21-9-5-4-8-20(21)24(33)28-25-27-19(17-34-25)16-23(32)30-14-12-29(13-15-30)22(31)11-10-18-6-2-1-3-7-18/h4-5,8-9,17-18H,1-3,6-7,10-16H2,(H,27,28,33). The van der Waals surface area contributed by atoms with Crippen molar-refractivity contribution in [1.29, 1.82) is 0 Å². The molecular formula is C25H31FN4O3S. The van der Waals surface area contributed by atoms with Crippen LogP contribution in [0, 0.1) is 11.7 Å². The number of nitrogens with one attached hydrogen (secondary N) is 1. The van der Waals surface area contributed by atoms with Gasteiger partial charge in [0.1, 0.15) is 5.82 Å². The van der Waals surface area contributed by atoms with Gasteiger partial charge in [-0.1, -0.05) is 44.2 Å². The van der Waals surface area contributed by atoms with E-state index in [0.29, 0.717) is 49.3 Å². The summed E-state index contributed by atoms with van der Waals surface area (Å²) in [5.41, 5.74) is 0.506. The van der Waals surface area contributed by atoms with Crippen LogP contribution in [-0.4, -0.2) is 58.7 Å². The highest BCUT2D eigenvalue weighted by atomic mass is 32.1. The van der Waals surface area contributed by atoms with Gasteiger partial charge in [0.05, 0.1) is 17.7 Å². The van der Waals surface area contributed by atoms with E-state index in [1.807, 2.05) is 4.90 Å². The van der Waals surface area contributed by atoms with Gasteiger partial charge in [-0.2, -0.15) is 0 Å². The summed E-state index contributed by atoms with van der Waals surface area (Å²) in [4.78, 5) is 45.5. The lowest BCUT2D eigenvalue weighted by atomic mass is 9.86. The van der Waals surface area contributed by atoms with Crippen LogP contribution in [0.5, 0.6) is 0 Å². The van der Waals surface area contributed by atoms with Crippen molar-refractivity contribution < 1.29 is 18.8 Å². The minimum absolute atomic E-state index is 0.0495. The van der Waals surface area contributed by atoms with Gasteiger partial charge in [-0.25, -0.2) is 9.37 Å². The van der Waals surface area contributed by atoms with Crippen LogP contribution in [0.15, 0.2) is 29.6 Å². The van der Waals surface area contributed by atoms with Gasteiger partial charge in [-0.3, -0.25) is 19.7 Å². The third kappa shape index (κ3) is 6.40. The average Bonchev–Trinajstić information content (AvgIpc) is 3.30. The molecule has 0 spiro atoms. The van der Waals surface area contributed by atoms with Crippen molar-refractivity contribution in [3.8, 4) is 0 Å². The number of nitrogens with zero attached hydrogens (tertiary/aromatic N) is 3. The average molecular weight is 487 g/mol. The van der Waals surface area contributed by atoms with Crippen molar-refractivity contribution in [2.75, 3.05) is 31.5 Å². The number of rotatable bonds is 7. The van der Waals surface area contributed by atoms with Crippen molar-refractivity contribution in [2.24, 2.45) is 5.92 Å². The van der Waals surface area contributed by atoms with Crippen LogP contribution in [0.1, 0.15) is 61.0 Å². The maximum absolute atomic E-state index is 13.8. The lowest BCUT2D eigenvalue weighted by molar-refractivity contribution is -0.139. The molecule has 1 aliphatic heterocycles. The van der Waals surface area contributed by atoms with Gasteiger partial charge in [0.15, 0.2) is 5.13 Å². The van der Waals surface area contributed by atoms with Gasteiger partial charge in [0.25, 0.3) is 5.91 Å². The lowest BCUT2D eigenvalue weighted by Gasteiger charge is -2.35. The monoisotopic (exact) mass is 486 g/mol. The summed E-state index contributed by atoms with van der Waals surface area (Å²) in [5.74, 6) is -0.327. The van der Waals surface area contributed by atoms with E-state index >= 15 is 0 Å². The Morgan fingerprint density at radius 1 is 1.00 bits per heavy atom. The first-order valence-corrected chi connectivity index (χ1v) is 12.9. The second-order valence-corrected chi connectivity index (χ2v) is 9.92. The fourth-order valence-electron chi connectivity index (χ4n) is 4.69. The normalized spacial score (nSPS) is 17.0. The van der Waals surface area contributed by atoms with Crippen LogP contribution >= 0.6 is 11.3 Å². The number of amides is 3. The third-order valence-corrected chi connectivity index (χ3v) is 7.51. The number of hydrogen-bond acceptors (Lipinski definition) is 5. The number of piperazine rings is 1. The first-order valence-electron chi connectivity index (χ1n) is 12.1. The molecule has 1 N–H and O–H groups in total. The second-order valence-electron chi connectivity index (χ2n) is 9.06. The summed E-state index contributed by atoms with van der Waals surface area (Å²) in [5, 5.41) is 4.63. The highest BCUT2D eigenvalue weighted by Crippen LogP contribution is 2.27. The van der Waals surface area contributed by atoms with Gasteiger partial charge in [0.2, 0.25) is 11.8 Å². The molecule has 2 aliphatic rings. The molecule has 182 valence electrons. The molecule has 9 heteroatoms. The SMILES string of the molecule is O=C(Nc1nc(CC(=O)N2CCN(C(=O)CCC3CCCCC3)CC2)cs1)c1ccccc1F. The summed E-state index contributed by atoms with van der Waals surface area (Å²) in [6, 6.07) is 5.74. The topological polar surface area (TPSA) is 82.6 Å². The fraction of sp³-hybridized carbons (Fsp3) is 0.520. The van der Waals surface area contributed by atoms with Gasteiger partial charge < -0.3 is 9.80 Å². The summed E-state index contributed by atoms with van der Waals surface area (Å²) < 4.78 is 13.8. The van der Waals surface area contributed by atoms with E-state index in [1.54, 1.807) is 16.3 Å². The highest BCUT2D eigenvalue weighted by Gasteiger charge is 2.25. The molecule has 2 aromatic rings. The Bertz CT molecular complexity index is 1010. The Labute approximate surface area is 203 Å². The van der Waals surface area contributed by atoms with Crippen molar-refractivity contribution in [3.63, 3.8) is 0 Å². The molecule has 3 amide bonds. The molecular weight excluding hydrogens is 455 g/mol. The van der Waals surface area contributed by atoms with E-state index in [0.717, 1.165) is 6.42 Å². The first-order chi connectivity index (χ1) is 16.5. The highest BCUT2D eigenvalue weighted by molar-refractivity contribution is 7.14. The molecule has 0 bridgehead atoms. The molecule has 1 aromatic heterocycles. The van der Waals surface area contributed by atoms with Gasteiger partial charge >= 0.3 is 0 Å². The van der Waals surface area contributed by atoms with Crippen LogP contribution in [-0.2, 0) is 16.0 Å². The fourth-order valence-corrected chi connectivity index (χ4v) is 5.39. The number of carbonyl (C=O) groups excluding carboxylic acids is 3. The van der Waals surface area contributed by atoms with Gasteiger partial charge in [-0.05, 0) is 24.5 Å². The summed E-state index contributed by atoms with van der Waals surface area (Å²) in [7, 11) is 0. The number of benzene rings is 1. The Morgan fingerprint density at radius 2 is 1.68 bits per heavy atom. The maximum atomic E-state index is 13.8. The van der Waals surface area contributed by atoms with E-state index < -0.39 is 11.7 Å².